The van der Waals surface area contributed by atoms with Crippen LogP contribution >= 0.6 is 0 Å². The van der Waals surface area contributed by atoms with Gasteiger partial charge in [-0.1, -0.05) is 30.3 Å². The number of hydrogen-bond donors (Lipinski definition) is 0. The number of anilines is 1. The zero-order valence-corrected chi connectivity index (χ0v) is 14.3. The van der Waals surface area contributed by atoms with Gasteiger partial charge in [-0.3, -0.25) is 4.31 Å². The maximum atomic E-state index is 14.1. The van der Waals surface area contributed by atoms with E-state index in [0.29, 0.717) is 5.56 Å². The molecule has 0 saturated heterocycles. The first kappa shape index (κ1) is 18.0. The van der Waals surface area contributed by atoms with Gasteiger partial charge < -0.3 is 0 Å². The molecule has 0 aliphatic carbocycles. The van der Waals surface area contributed by atoms with Crippen molar-refractivity contribution in [1.82, 2.24) is 0 Å². The van der Waals surface area contributed by atoms with Gasteiger partial charge >= 0.3 is 0 Å². The Hall–Kier alpha value is -2.80. The van der Waals surface area contributed by atoms with E-state index in [1.165, 1.54) is 54.6 Å². The van der Waals surface area contributed by atoms with Gasteiger partial charge in [0.25, 0.3) is 10.0 Å². The highest BCUT2D eigenvalue weighted by atomic mass is 32.2. The average Bonchev–Trinajstić information content (AvgIpc) is 2.60. The van der Waals surface area contributed by atoms with Gasteiger partial charge in [0.15, 0.2) is 0 Å². The number of rotatable bonds is 5. The highest BCUT2D eigenvalue weighted by Gasteiger charge is 2.28. The van der Waals surface area contributed by atoms with Gasteiger partial charge in [-0.05, 0) is 48.0 Å². The van der Waals surface area contributed by atoms with Crippen LogP contribution < -0.4 is 4.31 Å². The zero-order valence-electron chi connectivity index (χ0n) is 13.4. The van der Waals surface area contributed by atoms with Crippen molar-refractivity contribution in [3.8, 4) is 0 Å². The van der Waals surface area contributed by atoms with Crippen LogP contribution in [0.3, 0.4) is 0 Å². The van der Waals surface area contributed by atoms with Crippen molar-refractivity contribution in [3.63, 3.8) is 0 Å². The molecule has 26 heavy (non-hydrogen) atoms. The highest BCUT2D eigenvalue weighted by molar-refractivity contribution is 7.92. The topological polar surface area (TPSA) is 37.4 Å². The van der Waals surface area contributed by atoms with Gasteiger partial charge in [-0.15, -0.1) is 0 Å². The fourth-order valence-corrected chi connectivity index (χ4v) is 4.03. The van der Waals surface area contributed by atoms with E-state index in [2.05, 4.69) is 0 Å². The molecule has 134 valence electrons. The molecule has 0 aliphatic heterocycles. The number of benzene rings is 3. The number of nitrogens with zero attached hydrogens (tertiary/aromatic N) is 1. The van der Waals surface area contributed by atoms with Crippen LogP contribution in [0.5, 0.6) is 0 Å². The van der Waals surface area contributed by atoms with E-state index < -0.39 is 32.4 Å². The number of sulfonamides is 1. The van der Waals surface area contributed by atoms with Crippen molar-refractivity contribution in [3.05, 3.63) is 95.8 Å². The van der Waals surface area contributed by atoms with E-state index in [4.69, 9.17) is 0 Å². The van der Waals surface area contributed by atoms with Gasteiger partial charge in [-0.2, -0.15) is 0 Å². The first-order valence-corrected chi connectivity index (χ1v) is 9.09. The summed E-state index contributed by atoms with van der Waals surface area (Å²) < 4.78 is 68.1. The Labute approximate surface area is 149 Å². The third-order valence-corrected chi connectivity index (χ3v) is 5.52. The minimum atomic E-state index is -4.34. The first-order chi connectivity index (χ1) is 12.4. The number of halogens is 3. The predicted molar refractivity (Wildman–Crippen MR) is 92.6 cm³/mol. The third kappa shape index (κ3) is 3.72. The van der Waals surface area contributed by atoms with Gasteiger partial charge in [0.05, 0.1) is 12.2 Å². The van der Waals surface area contributed by atoms with E-state index in [1.807, 2.05) is 0 Å². The van der Waals surface area contributed by atoms with Crippen molar-refractivity contribution in [2.75, 3.05) is 4.31 Å². The van der Waals surface area contributed by atoms with Crippen LogP contribution in [0.15, 0.2) is 77.7 Å². The maximum Gasteiger partial charge on any atom is 0.267 e. The SMILES string of the molecule is O=S(=O)(c1ccccc1F)N(Cc1cccc(F)c1)c1cccc(F)c1. The van der Waals surface area contributed by atoms with E-state index in [1.54, 1.807) is 0 Å². The Kier molecular flexibility index (Phi) is 4.99. The second-order valence-corrected chi connectivity index (χ2v) is 7.38. The van der Waals surface area contributed by atoms with Crippen LogP contribution in [0.25, 0.3) is 0 Å². The second-order valence-electron chi connectivity index (χ2n) is 5.55. The number of hydrogen-bond acceptors (Lipinski definition) is 2. The van der Waals surface area contributed by atoms with Crippen molar-refractivity contribution in [1.29, 1.82) is 0 Å². The molecule has 0 N–H and O–H groups in total. The third-order valence-electron chi connectivity index (χ3n) is 3.72. The lowest BCUT2D eigenvalue weighted by Gasteiger charge is -2.25. The molecule has 0 saturated carbocycles. The molecule has 0 fully saturated rings. The standard InChI is InChI=1S/C19H14F3NO2S/c20-15-6-3-5-14(11-15)13-23(17-8-4-7-16(21)12-17)26(24,25)19-10-2-1-9-18(19)22/h1-12H,13H2. The molecule has 0 atom stereocenters. The molecular formula is C19H14F3NO2S. The van der Waals surface area contributed by atoms with E-state index in [-0.39, 0.29) is 12.2 Å². The summed E-state index contributed by atoms with van der Waals surface area (Å²) in [4.78, 5) is -0.541. The maximum absolute atomic E-state index is 14.1. The molecule has 0 unspecified atom stereocenters. The summed E-state index contributed by atoms with van der Waals surface area (Å²) in [7, 11) is -4.34. The van der Waals surface area contributed by atoms with Crippen molar-refractivity contribution >= 4 is 15.7 Å². The van der Waals surface area contributed by atoms with Crippen LogP contribution in [-0.2, 0) is 16.6 Å². The normalized spacial score (nSPS) is 11.3. The highest BCUT2D eigenvalue weighted by Crippen LogP contribution is 2.28. The summed E-state index contributed by atoms with van der Waals surface area (Å²) in [6.07, 6.45) is 0. The molecule has 3 nitrogen and oxygen atoms in total. The average molecular weight is 377 g/mol. The molecule has 0 heterocycles. The summed E-state index contributed by atoms with van der Waals surface area (Å²) in [5.41, 5.74) is 0.353. The molecule has 7 heteroatoms. The summed E-state index contributed by atoms with van der Waals surface area (Å²) in [6, 6.07) is 15.2. The van der Waals surface area contributed by atoms with Crippen LogP contribution in [-0.4, -0.2) is 8.42 Å². The van der Waals surface area contributed by atoms with Crippen LogP contribution in [0.4, 0.5) is 18.9 Å². The lowest BCUT2D eigenvalue weighted by Crippen LogP contribution is -2.31. The van der Waals surface area contributed by atoms with E-state index in [0.717, 1.165) is 22.5 Å². The van der Waals surface area contributed by atoms with Crippen molar-refractivity contribution < 1.29 is 21.6 Å². The molecule has 0 bridgehead atoms. The minimum absolute atomic E-state index is 0.0116. The van der Waals surface area contributed by atoms with Crippen molar-refractivity contribution in [2.24, 2.45) is 0 Å². The second kappa shape index (κ2) is 7.21. The summed E-state index contributed by atoms with van der Waals surface area (Å²) in [6.45, 7) is -0.280. The molecule has 3 aromatic rings. The Balaban J connectivity index is 2.13. The predicted octanol–water partition coefficient (Wildman–Crippen LogP) is 4.50. The van der Waals surface area contributed by atoms with Gasteiger partial charge in [0, 0.05) is 0 Å². The van der Waals surface area contributed by atoms with Gasteiger partial charge in [-0.25, -0.2) is 21.6 Å². The summed E-state index contributed by atoms with van der Waals surface area (Å²) in [5.74, 6) is -2.10. The molecule has 0 amide bonds. The van der Waals surface area contributed by atoms with Gasteiger partial charge in [0.2, 0.25) is 0 Å². The molecular weight excluding hydrogens is 363 g/mol. The Morgan fingerprint density at radius 2 is 1.42 bits per heavy atom. The molecule has 3 aromatic carbocycles. The molecule has 3 rings (SSSR count). The monoisotopic (exact) mass is 377 g/mol. The molecule has 0 aliphatic rings. The Morgan fingerprint density at radius 1 is 0.769 bits per heavy atom. The fraction of sp³-hybridized carbons (Fsp3) is 0.0526. The lowest BCUT2D eigenvalue weighted by molar-refractivity contribution is 0.562. The van der Waals surface area contributed by atoms with E-state index >= 15 is 0 Å². The molecule has 0 radical (unpaired) electrons. The summed E-state index contributed by atoms with van der Waals surface area (Å²) >= 11 is 0. The zero-order chi connectivity index (χ0) is 18.7. The van der Waals surface area contributed by atoms with Crippen LogP contribution in [0, 0.1) is 17.5 Å². The van der Waals surface area contributed by atoms with E-state index in [9.17, 15) is 21.6 Å². The lowest BCUT2D eigenvalue weighted by atomic mass is 10.2. The first-order valence-electron chi connectivity index (χ1n) is 7.65. The van der Waals surface area contributed by atoms with Crippen LogP contribution in [0.2, 0.25) is 0 Å². The quantitative estimate of drug-likeness (QED) is 0.657. The van der Waals surface area contributed by atoms with Crippen LogP contribution in [0.1, 0.15) is 5.56 Å². The van der Waals surface area contributed by atoms with Gasteiger partial charge in [0.1, 0.15) is 22.3 Å². The molecule has 0 spiro atoms. The largest absolute Gasteiger partial charge is 0.267 e. The molecule has 0 aromatic heterocycles. The Morgan fingerprint density at radius 3 is 2.08 bits per heavy atom. The fourth-order valence-electron chi connectivity index (χ4n) is 2.52. The smallest absolute Gasteiger partial charge is 0.262 e. The minimum Gasteiger partial charge on any atom is -0.262 e. The van der Waals surface area contributed by atoms with Crippen molar-refractivity contribution in [2.45, 2.75) is 11.4 Å². The Bertz CT molecular complexity index is 1040. The summed E-state index contributed by atoms with van der Waals surface area (Å²) in [5, 5.41) is 0.